The number of fused-ring (bicyclic) bond motifs is 1. The molecule has 48 heavy (non-hydrogen) atoms. The fourth-order valence-corrected chi connectivity index (χ4v) is 6.41. The molecule has 1 aliphatic carbocycles. The molecule has 1 fully saturated rings. The van der Waals surface area contributed by atoms with Crippen molar-refractivity contribution >= 4 is 50.1 Å². The molecule has 1 amide bonds. The lowest BCUT2D eigenvalue weighted by molar-refractivity contribution is -0.111. The van der Waals surface area contributed by atoms with E-state index in [1.165, 1.54) is 19.3 Å². The monoisotopic (exact) mass is 663 g/mol. The first-order valence-corrected chi connectivity index (χ1v) is 17.8. The van der Waals surface area contributed by atoms with Gasteiger partial charge in [-0.15, -0.1) is 0 Å². The molecule has 0 saturated heterocycles. The van der Waals surface area contributed by atoms with E-state index >= 15 is 0 Å². The second-order valence-electron chi connectivity index (χ2n) is 12.1. The summed E-state index contributed by atoms with van der Waals surface area (Å²) in [5, 5.41) is 4.04. The van der Waals surface area contributed by atoms with Gasteiger partial charge in [0.2, 0.25) is 0 Å². The minimum absolute atomic E-state index is 0.00690. The zero-order valence-corrected chi connectivity index (χ0v) is 27.2. The minimum atomic E-state index is -4.12. The number of hydrogen-bond acceptors (Lipinski definition) is 6. The number of Topliss-reactive ketones (excluding diaryl/α,β-unsaturated/α-hetero) is 1. The zero-order chi connectivity index (χ0) is 33.5. The molecular weight excluding hydrogens is 626 g/mol. The molecule has 1 aliphatic rings. The largest absolute Gasteiger partial charge is 0.490 e. The first-order valence-electron chi connectivity index (χ1n) is 16.2. The summed E-state index contributed by atoms with van der Waals surface area (Å²) in [4.78, 5) is 26.4. The van der Waals surface area contributed by atoms with Crippen LogP contribution in [0.25, 0.3) is 33.9 Å². The van der Waals surface area contributed by atoms with Crippen molar-refractivity contribution in [3.63, 3.8) is 0 Å². The summed E-state index contributed by atoms with van der Waals surface area (Å²) in [6, 6.07) is 31.6. The second-order valence-corrected chi connectivity index (χ2v) is 13.6. The smallest absolute Gasteiger partial charge is 0.264 e. The van der Waals surface area contributed by atoms with E-state index < -0.39 is 15.9 Å². The van der Waals surface area contributed by atoms with Crippen LogP contribution in [0, 0.1) is 0 Å². The number of anilines is 1. The van der Waals surface area contributed by atoms with Crippen LogP contribution in [0.1, 0.15) is 66.4 Å². The van der Waals surface area contributed by atoms with Gasteiger partial charge >= 0.3 is 0 Å². The maximum absolute atomic E-state index is 13.8. The van der Waals surface area contributed by atoms with Gasteiger partial charge in [0, 0.05) is 34.2 Å². The number of amides is 1. The summed E-state index contributed by atoms with van der Waals surface area (Å²) in [6.45, 7) is 0. The van der Waals surface area contributed by atoms with Crippen LogP contribution >= 0.6 is 0 Å². The number of nitrogens with one attached hydrogen (secondary N) is 1. The topological polar surface area (TPSA) is 123 Å². The predicted molar refractivity (Wildman–Crippen MR) is 189 cm³/mol. The van der Waals surface area contributed by atoms with Gasteiger partial charge in [0.1, 0.15) is 17.1 Å². The van der Waals surface area contributed by atoms with Gasteiger partial charge < -0.3 is 14.5 Å². The van der Waals surface area contributed by atoms with Crippen LogP contribution in [0.15, 0.2) is 108 Å². The third-order valence-electron chi connectivity index (χ3n) is 8.47. The first kappa shape index (κ1) is 32.9. The lowest BCUT2D eigenvalue weighted by Crippen LogP contribution is -2.19. The van der Waals surface area contributed by atoms with Gasteiger partial charge in [0.25, 0.3) is 16.0 Å². The number of ether oxygens (including phenoxy) is 1. The molecule has 2 N–H and O–H groups in total. The number of carbonyl (C=O) groups excluding carboxylic acids is 2. The van der Waals surface area contributed by atoms with E-state index in [1.807, 2.05) is 78.9 Å². The Hall–Kier alpha value is -4.99. The van der Waals surface area contributed by atoms with E-state index in [0.717, 1.165) is 40.9 Å². The summed E-state index contributed by atoms with van der Waals surface area (Å²) >= 11 is 0. The lowest BCUT2D eigenvalue weighted by Gasteiger charge is -2.23. The highest BCUT2D eigenvalue weighted by molar-refractivity contribution is 7.85. The Morgan fingerprint density at radius 1 is 0.854 bits per heavy atom. The SMILES string of the molecule is O=C(Nc1ccc(-c2cc3ccccc3o2)cc1)/C(=C\c1ccc(C(=O)CCCS(=O)(=O)O)cc1)c1ccc(OC2CCCCC2)cc1. The van der Waals surface area contributed by atoms with Crippen molar-refractivity contribution in [1.29, 1.82) is 0 Å². The zero-order valence-electron chi connectivity index (χ0n) is 26.4. The van der Waals surface area contributed by atoms with Crippen LogP contribution < -0.4 is 10.1 Å². The highest BCUT2D eigenvalue weighted by atomic mass is 32.2. The molecule has 246 valence electrons. The van der Waals surface area contributed by atoms with E-state index in [9.17, 15) is 18.0 Å². The molecule has 1 saturated carbocycles. The molecule has 5 aromatic rings. The van der Waals surface area contributed by atoms with Crippen molar-refractivity contribution in [2.24, 2.45) is 0 Å². The number of hydrogen-bond donors (Lipinski definition) is 2. The molecule has 0 atom stereocenters. The molecule has 0 radical (unpaired) electrons. The van der Waals surface area contributed by atoms with Gasteiger partial charge in [-0.25, -0.2) is 0 Å². The standard InChI is InChI=1S/C39H37NO7S/c41-36(10-6-24-48(43,44)45)29-14-12-27(13-15-29)25-35(28-18-22-34(23-19-28)46-33-8-2-1-3-9-33)39(42)40-32-20-16-30(17-21-32)38-26-31-7-4-5-11-37(31)47-38/h4-5,7,11-23,25-26,33H,1-3,6,8-10,24H2,(H,40,42)(H,43,44,45)/b35-25-. The summed E-state index contributed by atoms with van der Waals surface area (Å²) in [6.07, 6.45) is 7.67. The average molecular weight is 664 g/mol. The molecule has 4 aromatic carbocycles. The van der Waals surface area contributed by atoms with Crippen molar-refractivity contribution < 1.29 is 31.7 Å². The minimum Gasteiger partial charge on any atom is -0.490 e. The van der Waals surface area contributed by atoms with Crippen molar-refractivity contribution in [3.8, 4) is 17.1 Å². The lowest BCUT2D eigenvalue weighted by atomic mass is 9.97. The normalized spacial score (nSPS) is 14.1. The van der Waals surface area contributed by atoms with Crippen molar-refractivity contribution in [1.82, 2.24) is 0 Å². The van der Waals surface area contributed by atoms with Gasteiger partial charge in [-0.1, -0.05) is 61.0 Å². The molecule has 6 rings (SSSR count). The summed E-state index contributed by atoms with van der Waals surface area (Å²) in [5.41, 5.74) is 4.57. The molecule has 0 unspecified atom stereocenters. The third-order valence-corrected chi connectivity index (χ3v) is 9.27. The molecular formula is C39H37NO7S. The van der Waals surface area contributed by atoms with Crippen LogP contribution in [0.5, 0.6) is 5.75 Å². The summed E-state index contributed by atoms with van der Waals surface area (Å²) < 4.78 is 43.1. The maximum atomic E-state index is 13.8. The van der Waals surface area contributed by atoms with Gasteiger partial charge in [-0.05, 0) is 97.8 Å². The van der Waals surface area contributed by atoms with Gasteiger partial charge in [0.05, 0.1) is 11.9 Å². The average Bonchev–Trinajstić information content (AvgIpc) is 3.53. The Kier molecular flexibility index (Phi) is 10.2. The van der Waals surface area contributed by atoms with Crippen LogP contribution in [-0.2, 0) is 14.9 Å². The molecule has 0 aliphatic heterocycles. The molecule has 0 spiro atoms. The van der Waals surface area contributed by atoms with E-state index in [4.69, 9.17) is 13.7 Å². The van der Waals surface area contributed by atoms with E-state index in [1.54, 1.807) is 30.3 Å². The van der Waals surface area contributed by atoms with Gasteiger partial charge in [-0.3, -0.25) is 14.1 Å². The Bertz CT molecular complexity index is 1990. The Morgan fingerprint density at radius 3 is 2.23 bits per heavy atom. The first-order chi connectivity index (χ1) is 23.2. The van der Waals surface area contributed by atoms with Crippen molar-refractivity contribution in [2.75, 3.05) is 11.1 Å². The fraction of sp³-hybridized carbons (Fsp3) is 0.231. The molecule has 0 bridgehead atoms. The van der Waals surface area contributed by atoms with Crippen LogP contribution in [0.4, 0.5) is 5.69 Å². The predicted octanol–water partition coefficient (Wildman–Crippen LogP) is 8.84. The highest BCUT2D eigenvalue weighted by Gasteiger charge is 2.17. The second kappa shape index (κ2) is 14.8. The van der Waals surface area contributed by atoms with E-state index in [0.29, 0.717) is 28.0 Å². The number of ketones is 1. The molecule has 9 heteroatoms. The number of furan rings is 1. The molecule has 1 aromatic heterocycles. The Morgan fingerprint density at radius 2 is 1.54 bits per heavy atom. The quantitative estimate of drug-likeness (QED) is 0.0592. The van der Waals surface area contributed by atoms with Crippen LogP contribution in [-0.4, -0.2) is 36.5 Å². The third kappa shape index (κ3) is 8.67. The number of carbonyl (C=O) groups is 2. The van der Waals surface area contributed by atoms with Crippen LogP contribution in [0.3, 0.4) is 0 Å². The summed E-state index contributed by atoms with van der Waals surface area (Å²) in [7, 11) is -4.12. The van der Waals surface area contributed by atoms with E-state index in [2.05, 4.69) is 5.32 Å². The number of rotatable bonds is 12. The van der Waals surface area contributed by atoms with Crippen molar-refractivity contribution in [2.45, 2.75) is 51.0 Å². The fourth-order valence-electron chi connectivity index (χ4n) is 5.90. The Labute approximate surface area is 280 Å². The maximum Gasteiger partial charge on any atom is 0.264 e. The van der Waals surface area contributed by atoms with E-state index in [-0.39, 0.29) is 30.6 Å². The highest BCUT2D eigenvalue weighted by Crippen LogP contribution is 2.30. The van der Waals surface area contributed by atoms with Gasteiger partial charge in [-0.2, -0.15) is 8.42 Å². The molecule has 8 nitrogen and oxygen atoms in total. The number of benzene rings is 4. The van der Waals surface area contributed by atoms with Crippen LogP contribution in [0.2, 0.25) is 0 Å². The molecule has 1 heterocycles. The Balaban J connectivity index is 1.21. The summed E-state index contributed by atoms with van der Waals surface area (Å²) in [5.74, 6) is 0.504. The van der Waals surface area contributed by atoms with Gasteiger partial charge in [0.15, 0.2) is 5.78 Å². The number of para-hydroxylation sites is 1. The van der Waals surface area contributed by atoms with Crippen molar-refractivity contribution in [3.05, 3.63) is 120 Å².